The first kappa shape index (κ1) is 6.83. The minimum atomic E-state index is 0.630. The SMILES string of the molecule is Cc1nnnn1-n1nnnc1C. The van der Waals surface area contributed by atoms with Crippen LogP contribution in [0.4, 0.5) is 0 Å². The normalized spacial score (nSPS) is 10.5. The Morgan fingerprint density at radius 1 is 0.833 bits per heavy atom. The molecule has 0 radical (unpaired) electrons. The number of aryl methyl sites for hydroxylation is 2. The van der Waals surface area contributed by atoms with Gasteiger partial charge in [-0.2, -0.15) is 0 Å². The average Bonchev–Trinajstić information content (AvgIpc) is 2.59. The Bertz CT molecular complexity index is 347. The standard InChI is InChI=1S/C4H6N8/c1-3-5-7-9-11(3)12-4(2)6-8-10-12/h1-2H3. The highest BCUT2D eigenvalue weighted by Gasteiger charge is 2.06. The van der Waals surface area contributed by atoms with Gasteiger partial charge >= 0.3 is 0 Å². The summed E-state index contributed by atoms with van der Waals surface area (Å²) >= 11 is 0. The van der Waals surface area contributed by atoms with Gasteiger partial charge in [0, 0.05) is 0 Å². The Morgan fingerprint density at radius 2 is 1.25 bits per heavy atom. The van der Waals surface area contributed by atoms with Crippen molar-refractivity contribution in [2.24, 2.45) is 0 Å². The van der Waals surface area contributed by atoms with E-state index in [2.05, 4.69) is 31.1 Å². The van der Waals surface area contributed by atoms with Crippen LogP contribution in [0.1, 0.15) is 11.6 Å². The Balaban J connectivity index is 2.57. The van der Waals surface area contributed by atoms with Gasteiger partial charge in [-0.3, -0.25) is 0 Å². The van der Waals surface area contributed by atoms with Crippen LogP contribution in [0.5, 0.6) is 0 Å². The van der Waals surface area contributed by atoms with Crippen molar-refractivity contribution >= 4 is 0 Å². The molecule has 0 spiro atoms. The van der Waals surface area contributed by atoms with Gasteiger partial charge < -0.3 is 0 Å². The molecule has 0 amide bonds. The monoisotopic (exact) mass is 166 g/mol. The fraction of sp³-hybridized carbons (Fsp3) is 0.500. The summed E-state index contributed by atoms with van der Waals surface area (Å²) in [5, 5.41) is 21.7. The number of nitrogens with zero attached hydrogens (tertiary/aromatic N) is 8. The van der Waals surface area contributed by atoms with Gasteiger partial charge in [-0.15, -0.1) is 19.8 Å². The highest BCUT2D eigenvalue weighted by Crippen LogP contribution is 1.91. The lowest BCUT2D eigenvalue weighted by Crippen LogP contribution is -2.16. The largest absolute Gasteiger partial charge is 0.174 e. The maximum absolute atomic E-state index is 3.70. The predicted molar refractivity (Wildman–Crippen MR) is 35.9 cm³/mol. The van der Waals surface area contributed by atoms with E-state index < -0.39 is 0 Å². The van der Waals surface area contributed by atoms with E-state index in [0.29, 0.717) is 11.6 Å². The van der Waals surface area contributed by atoms with Crippen molar-refractivity contribution < 1.29 is 0 Å². The molecule has 0 aromatic carbocycles. The van der Waals surface area contributed by atoms with Crippen LogP contribution in [0.25, 0.3) is 0 Å². The van der Waals surface area contributed by atoms with Crippen LogP contribution in [-0.2, 0) is 0 Å². The Kier molecular flexibility index (Phi) is 1.32. The molecule has 2 rings (SSSR count). The Hall–Kier alpha value is -1.86. The molecule has 0 N–H and O–H groups in total. The zero-order chi connectivity index (χ0) is 8.55. The molecule has 0 saturated carbocycles. The van der Waals surface area contributed by atoms with Crippen molar-refractivity contribution in [3.63, 3.8) is 0 Å². The van der Waals surface area contributed by atoms with Crippen LogP contribution >= 0.6 is 0 Å². The Morgan fingerprint density at radius 3 is 1.50 bits per heavy atom. The van der Waals surface area contributed by atoms with Crippen molar-refractivity contribution in [1.82, 2.24) is 40.6 Å². The molecule has 0 fully saturated rings. The van der Waals surface area contributed by atoms with Crippen LogP contribution in [0.2, 0.25) is 0 Å². The third-order valence-corrected chi connectivity index (χ3v) is 1.39. The molecule has 2 heterocycles. The maximum Gasteiger partial charge on any atom is 0.174 e. The fourth-order valence-corrected chi connectivity index (χ4v) is 0.805. The van der Waals surface area contributed by atoms with Crippen LogP contribution in [0.15, 0.2) is 0 Å². The lowest BCUT2D eigenvalue weighted by atomic mass is 10.7. The molecule has 0 aliphatic carbocycles. The number of rotatable bonds is 1. The molecular weight excluding hydrogens is 160 g/mol. The van der Waals surface area contributed by atoms with Crippen LogP contribution < -0.4 is 0 Å². The van der Waals surface area contributed by atoms with Gasteiger partial charge in [-0.1, -0.05) is 0 Å². The van der Waals surface area contributed by atoms with Crippen LogP contribution in [0, 0.1) is 13.8 Å². The van der Waals surface area contributed by atoms with Gasteiger partial charge in [0.15, 0.2) is 11.6 Å². The summed E-state index contributed by atoms with van der Waals surface area (Å²) in [6.07, 6.45) is 0. The van der Waals surface area contributed by atoms with Crippen LogP contribution in [-0.4, -0.2) is 40.6 Å². The number of hydrogen-bond donors (Lipinski definition) is 0. The minimum Gasteiger partial charge on any atom is -0.112 e. The smallest absolute Gasteiger partial charge is 0.112 e. The first-order valence-electron chi connectivity index (χ1n) is 3.29. The summed E-state index contributed by atoms with van der Waals surface area (Å²) in [7, 11) is 0. The highest BCUT2D eigenvalue weighted by molar-refractivity contribution is 4.79. The van der Waals surface area contributed by atoms with Gasteiger partial charge in [-0.25, -0.2) is 0 Å². The molecular formula is C4H6N8. The first-order valence-corrected chi connectivity index (χ1v) is 3.29. The summed E-state index contributed by atoms with van der Waals surface area (Å²) in [6, 6.07) is 0. The molecule has 2 aromatic heterocycles. The lowest BCUT2D eigenvalue weighted by molar-refractivity contribution is 0.454. The topological polar surface area (TPSA) is 87.2 Å². The molecule has 2 aromatic rings. The van der Waals surface area contributed by atoms with E-state index in [4.69, 9.17) is 0 Å². The van der Waals surface area contributed by atoms with Crippen molar-refractivity contribution in [2.75, 3.05) is 0 Å². The van der Waals surface area contributed by atoms with E-state index in [1.807, 2.05) is 0 Å². The van der Waals surface area contributed by atoms with Crippen molar-refractivity contribution in [2.45, 2.75) is 13.8 Å². The summed E-state index contributed by atoms with van der Waals surface area (Å²) in [5.41, 5.74) is 0. The summed E-state index contributed by atoms with van der Waals surface area (Å²) in [6.45, 7) is 3.53. The predicted octanol–water partition coefficient (Wildman–Crippen LogP) is -1.41. The van der Waals surface area contributed by atoms with E-state index in [-0.39, 0.29) is 0 Å². The Labute approximate surface area is 67.2 Å². The zero-order valence-corrected chi connectivity index (χ0v) is 6.58. The van der Waals surface area contributed by atoms with Crippen molar-refractivity contribution in [3.05, 3.63) is 11.6 Å². The summed E-state index contributed by atoms with van der Waals surface area (Å²) in [5.74, 6) is 1.26. The van der Waals surface area contributed by atoms with Crippen molar-refractivity contribution in [3.8, 4) is 0 Å². The van der Waals surface area contributed by atoms with E-state index >= 15 is 0 Å². The van der Waals surface area contributed by atoms with Crippen molar-refractivity contribution in [1.29, 1.82) is 0 Å². The van der Waals surface area contributed by atoms with Gasteiger partial charge in [0.2, 0.25) is 0 Å². The lowest BCUT2D eigenvalue weighted by Gasteiger charge is -1.98. The average molecular weight is 166 g/mol. The second kappa shape index (κ2) is 2.32. The zero-order valence-electron chi connectivity index (χ0n) is 6.58. The number of hydrogen-bond acceptors (Lipinski definition) is 6. The number of tetrazole rings is 2. The molecule has 8 nitrogen and oxygen atoms in total. The van der Waals surface area contributed by atoms with Gasteiger partial charge in [0.05, 0.1) is 0 Å². The third kappa shape index (κ3) is 0.847. The molecule has 0 aliphatic heterocycles. The van der Waals surface area contributed by atoms with Crippen LogP contribution in [0.3, 0.4) is 0 Å². The summed E-state index contributed by atoms with van der Waals surface area (Å²) in [4.78, 5) is 2.82. The van der Waals surface area contributed by atoms with E-state index in [1.165, 1.54) is 9.58 Å². The van der Waals surface area contributed by atoms with Gasteiger partial charge in [0.25, 0.3) is 0 Å². The molecule has 0 saturated heterocycles. The molecule has 0 unspecified atom stereocenters. The molecule has 0 atom stereocenters. The number of aromatic nitrogens is 8. The first-order chi connectivity index (χ1) is 5.79. The van der Waals surface area contributed by atoms with E-state index in [0.717, 1.165) is 0 Å². The quantitative estimate of drug-likeness (QED) is 0.517. The highest BCUT2D eigenvalue weighted by atomic mass is 15.8. The summed E-state index contributed by atoms with van der Waals surface area (Å²) < 4.78 is 0. The molecule has 0 aliphatic rings. The minimum absolute atomic E-state index is 0.630. The fourth-order valence-electron chi connectivity index (χ4n) is 0.805. The second-order valence-corrected chi connectivity index (χ2v) is 2.23. The molecule has 12 heavy (non-hydrogen) atoms. The molecule has 0 bridgehead atoms. The molecule has 8 heteroatoms. The third-order valence-electron chi connectivity index (χ3n) is 1.39. The van der Waals surface area contributed by atoms with E-state index in [1.54, 1.807) is 13.8 Å². The maximum atomic E-state index is 3.70. The molecule has 62 valence electrons. The van der Waals surface area contributed by atoms with E-state index in [9.17, 15) is 0 Å². The van der Waals surface area contributed by atoms with Gasteiger partial charge in [0.1, 0.15) is 0 Å². The second-order valence-electron chi connectivity index (χ2n) is 2.23. The van der Waals surface area contributed by atoms with Gasteiger partial charge in [-0.05, 0) is 34.7 Å².